The number of rotatable bonds is 2. The lowest BCUT2D eigenvalue weighted by Crippen LogP contribution is -1.74. The first-order chi connectivity index (χ1) is 4.79. The van der Waals surface area contributed by atoms with Gasteiger partial charge in [0.25, 0.3) is 0 Å². The van der Waals surface area contributed by atoms with E-state index in [-0.39, 0.29) is 0 Å². The van der Waals surface area contributed by atoms with Crippen molar-refractivity contribution in [1.29, 1.82) is 0 Å². The molecule has 0 unspecified atom stereocenters. The first kappa shape index (κ1) is 6.81. The van der Waals surface area contributed by atoms with E-state index in [9.17, 15) is 0 Å². The third-order valence-electron chi connectivity index (χ3n) is 1.33. The highest BCUT2D eigenvalue weighted by Gasteiger charge is 2.04. The van der Waals surface area contributed by atoms with E-state index >= 15 is 0 Å². The number of aromatic nitrogens is 1. The van der Waals surface area contributed by atoms with Crippen molar-refractivity contribution in [2.45, 2.75) is 6.92 Å². The van der Waals surface area contributed by atoms with Gasteiger partial charge in [0.1, 0.15) is 0 Å². The van der Waals surface area contributed by atoms with Crippen LogP contribution in [0.5, 0.6) is 0 Å². The molecule has 1 heterocycles. The van der Waals surface area contributed by atoms with Crippen LogP contribution >= 0.6 is 0 Å². The highest BCUT2D eigenvalue weighted by atomic mass is 16.5. The predicted octanol–water partition coefficient (Wildman–Crippen LogP) is 2.27. The minimum absolute atomic E-state index is 0.688. The summed E-state index contributed by atoms with van der Waals surface area (Å²) in [6.07, 6.45) is 3.33. The van der Waals surface area contributed by atoms with E-state index in [0.717, 1.165) is 11.3 Å². The van der Waals surface area contributed by atoms with Crippen LogP contribution in [0.25, 0.3) is 12.2 Å². The Morgan fingerprint density at radius 3 is 2.50 bits per heavy atom. The maximum absolute atomic E-state index is 4.90. The topological polar surface area (TPSA) is 26.0 Å². The van der Waals surface area contributed by atoms with Crippen molar-refractivity contribution in [3.63, 3.8) is 0 Å². The minimum atomic E-state index is 0.688. The summed E-state index contributed by atoms with van der Waals surface area (Å²) in [6, 6.07) is 0. The molecule has 0 amide bonds. The van der Waals surface area contributed by atoms with Crippen molar-refractivity contribution in [3.8, 4) is 0 Å². The van der Waals surface area contributed by atoms with Gasteiger partial charge >= 0.3 is 0 Å². The van der Waals surface area contributed by atoms with Crippen LogP contribution in [0.2, 0.25) is 0 Å². The molecule has 0 bridgehead atoms. The highest BCUT2D eigenvalue weighted by Crippen LogP contribution is 2.14. The van der Waals surface area contributed by atoms with Crippen LogP contribution in [-0.2, 0) is 0 Å². The molecule has 0 saturated carbocycles. The Bertz CT molecular complexity index is 260. The van der Waals surface area contributed by atoms with Gasteiger partial charge in [-0.05, 0) is 13.0 Å². The van der Waals surface area contributed by atoms with Gasteiger partial charge in [-0.25, -0.2) is 0 Å². The largest absolute Gasteiger partial charge is 0.356 e. The molecule has 1 aromatic heterocycles. The SMILES string of the molecule is C=Cc1onc(C)c1C=C. The molecule has 0 fully saturated rings. The molecular formula is C8H9NO. The second kappa shape index (κ2) is 2.52. The van der Waals surface area contributed by atoms with E-state index in [0.29, 0.717) is 5.76 Å². The maximum atomic E-state index is 4.90. The molecule has 0 N–H and O–H groups in total. The summed E-state index contributed by atoms with van der Waals surface area (Å²) in [5.74, 6) is 0.688. The molecule has 0 aliphatic carbocycles. The van der Waals surface area contributed by atoms with Crippen LogP contribution < -0.4 is 0 Å². The molecule has 0 radical (unpaired) electrons. The second-order valence-electron chi connectivity index (χ2n) is 1.95. The zero-order valence-corrected chi connectivity index (χ0v) is 5.92. The monoisotopic (exact) mass is 135 g/mol. The summed E-state index contributed by atoms with van der Waals surface area (Å²) in [6.45, 7) is 9.06. The van der Waals surface area contributed by atoms with Gasteiger partial charge < -0.3 is 4.52 Å². The minimum Gasteiger partial charge on any atom is -0.356 e. The highest BCUT2D eigenvalue weighted by molar-refractivity contribution is 5.60. The van der Waals surface area contributed by atoms with Crippen LogP contribution in [0.3, 0.4) is 0 Å². The first-order valence-corrected chi connectivity index (χ1v) is 3.00. The summed E-state index contributed by atoms with van der Waals surface area (Å²) in [5, 5.41) is 3.74. The summed E-state index contributed by atoms with van der Waals surface area (Å²) in [4.78, 5) is 0. The van der Waals surface area contributed by atoms with Crippen LogP contribution in [0.4, 0.5) is 0 Å². The van der Waals surface area contributed by atoms with Crippen molar-refractivity contribution in [2.75, 3.05) is 0 Å². The Morgan fingerprint density at radius 2 is 2.10 bits per heavy atom. The number of hydrogen-bond acceptors (Lipinski definition) is 2. The fourth-order valence-electron chi connectivity index (χ4n) is 0.790. The lowest BCUT2D eigenvalue weighted by molar-refractivity contribution is 0.408. The van der Waals surface area contributed by atoms with Crippen molar-refractivity contribution in [2.24, 2.45) is 0 Å². The zero-order chi connectivity index (χ0) is 7.56. The van der Waals surface area contributed by atoms with Crippen molar-refractivity contribution < 1.29 is 4.52 Å². The molecule has 10 heavy (non-hydrogen) atoms. The molecule has 0 spiro atoms. The molecule has 2 nitrogen and oxygen atoms in total. The normalized spacial score (nSPS) is 9.30. The molecular weight excluding hydrogens is 126 g/mol. The van der Waals surface area contributed by atoms with E-state index in [1.807, 2.05) is 6.92 Å². The molecule has 0 aliphatic rings. The first-order valence-electron chi connectivity index (χ1n) is 3.00. The van der Waals surface area contributed by atoms with E-state index in [1.54, 1.807) is 12.2 Å². The summed E-state index contributed by atoms with van der Waals surface area (Å²) < 4.78 is 4.90. The average Bonchev–Trinajstić information content (AvgIpc) is 2.30. The Hall–Kier alpha value is -1.31. The average molecular weight is 135 g/mol. The lowest BCUT2D eigenvalue weighted by atomic mass is 10.2. The van der Waals surface area contributed by atoms with E-state index in [1.165, 1.54) is 0 Å². The third kappa shape index (κ3) is 0.880. The van der Waals surface area contributed by atoms with Gasteiger partial charge in [0.2, 0.25) is 0 Å². The second-order valence-corrected chi connectivity index (χ2v) is 1.95. The van der Waals surface area contributed by atoms with Gasteiger partial charge in [-0.2, -0.15) is 0 Å². The van der Waals surface area contributed by atoms with E-state index < -0.39 is 0 Å². The van der Waals surface area contributed by atoms with Crippen LogP contribution in [0.15, 0.2) is 17.7 Å². The Morgan fingerprint density at radius 1 is 1.40 bits per heavy atom. The molecule has 0 aliphatic heterocycles. The standard InChI is InChI=1S/C8H9NO/c1-4-7-6(3)9-10-8(7)5-2/h4-5H,1-2H2,3H3. The summed E-state index contributed by atoms with van der Waals surface area (Å²) >= 11 is 0. The molecule has 1 aromatic rings. The number of aryl methyl sites for hydroxylation is 1. The van der Waals surface area contributed by atoms with Crippen molar-refractivity contribution in [3.05, 3.63) is 30.2 Å². The summed E-state index contributed by atoms with van der Waals surface area (Å²) in [7, 11) is 0. The van der Waals surface area contributed by atoms with Crippen LogP contribution in [-0.4, -0.2) is 5.16 Å². The van der Waals surface area contributed by atoms with E-state index in [4.69, 9.17) is 4.52 Å². The zero-order valence-electron chi connectivity index (χ0n) is 5.92. The fraction of sp³-hybridized carbons (Fsp3) is 0.125. The van der Waals surface area contributed by atoms with Gasteiger partial charge in [-0.3, -0.25) is 0 Å². The number of hydrogen-bond donors (Lipinski definition) is 0. The Kier molecular flexibility index (Phi) is 1.71. The van der Waals surface area contributed by atoms with Crippen molar-refractivity contribution in [1.82, 2.24) is 5.16 Å². The van der Waals surface area contributed by atoms with Crippen LogP contribution in [0.1, 0.15) is 17.0 Å². The van der Waals surface area contributed by atoms with Gasteiger partial charge in [-0.15, -0.1) is 0 Å². The Balaban J connectivity index is 3.25. The fourth-order valence-corrected chi connectivity index (χ4v) is 0.790. The maximum Gasteiger partial charge on any atom is 0.166 e. The van der Waals surface area contributed by atoms with Crippen molar-refractivity contribution >= 4 is 12.2 Å². The van der Waals surface area contributed by atoms with Gasteiger partial charge in [0.05, 0.1) is 5.69 Å². The van der Waals surface area contributed by atoms with E-state index in [2.05, 4.69) is 18.3 Å². The third-order valence-corrected chi connectivity index (χ3v) is 1.33. The van der Waals surface area contributed by atoms with Gasteiger partial charge in [-0.1, -0.05) is 24.4 Å². The van der Waals surface area contributed by atoms with Gasteiger partial charge in [0.15, 0.2) is 5.76 Å². The lowest BCUT2D eigenvalue weighted by Gasteiger charge is -1.84. The molecule has 0 atom stereocenters. The number of nitrogens with zero attached hydrogens (tertiary/aromatic N) is 1. The quantitative estimate of drug-likeness (QED) is 0.621. The molecule has 0 saturated heterocycles. The molecule has 1 rings (SSSR count). The predicted molar refractivity (Wildman–Crippen MR) is 41.4 cm³/mol. The molecule has 0 aromatic carbocycles. The van der Waals surface area contributed by atoms with Crippen LogP contribution in [0, 0.1) is 6.92 Å². The van der Waals surface area contributed by atoms with Gasteiger partial charge in [0, 0.05) is 5.56 Å². The smallest absolute Gasteiger partial charge is 0.166 e. The molecule has 52 valence electrons. The Labute approximate surface area is 59.8 Å². The molecule has 2 heteroatoms. The summed E-state index contributed by atoms with van der Waals surface area (Å²) in [5.41, 5.74) is 1.78.